The molecular formula is C22H26N2O. The average molecular weight is 334 g/mol. The first-order valence-corrected chi connectivity index (χ1v) is 9.21. The monoisotopic (exact) mass is 334 g/mol. The number of anilines is 1. The molecule has 1 atom stereocenters. The Balaban J connectivity index is 1.42. The lowest BCUT2D eigenvalue weighted by Crippen LogP contribution is -2.55. The summed E-state index contributed by atoms with van der Waals surface area (Å²) >= 11 is 0. The van der Waals surface area contributed by atoms with Crippen molar-refractivity contribution in [2.45, 2.75) is 39.2 Å². The van der Waals surface area contributed by atoms with E-state index in [1.807, 2.05) is 4.90 Å². The maximum atomic E-state index is 12.4. The van der Waals surface area contributed by atoms with Gasteiger partial charge in [0.25, 0.3) is 0 Å². The first kappa shape index (κ1) is 16.2. The van der Waals surface area contributed by atoms with E-state index in [4.69, 9.17) is 0 Å². The molecule has 1 amide bonds. The van der Waals surface area contributed by atoms with Crippen LogP contribution in [0.4, 0.5) is 5.69 Å². The lowest BCUT2D eigenvalue weighted by Gasteiger charge is -2.45. The number of benzene rings is 2. The van der Waals surface area contributed by atoms with Crippen LogP contribution in [0.15, 0.2) is 48.5 Å². The molecule has 1 N–H and O–H groups in total. The van der Waals surface area contributed by atoms with E-state index < -0.39 is 0 Å². The number of rotatable bonds is 3. The summed E-state index contributed by atoms with van der Waals surface area (Å²) in [5, 5.41) is 3.65. The molecule has 0 radical (unpaired) electrons. The summed E-state index contributed by atoms with van der Waals surface area (Å²) in [7, 11) is 0. The van der Waals surface area contributed by atoms with Gasteiger partial charge in [0.05, 0.1) is 12.5 Å². The third kappa shape index (κ3) is 3.41. The number of nitrogens with one attached hydrogen (secondary N) is 1. The van der Waals surface area contributed by atoms with Crippen LogP contribution in [-0.2, 0) is 17.6 Å². The van der Waals surface area contributed by atoms with E-state index in [0.717, 1.165) is 31.5 Å². The van der Waals surface area contributed by atoms with Crippen molar-refractivity contribution >= 4 is 11.6 Å². The molecule has 2 aliphatic rings. The number of aryl methyl sites for hydroxylation is 1. The van der Waals surface area contributed by atoms with Crippen molar-refractivity contribution in [3.63, 3.8) is 0 Å². The zero-order valence-corrected chi connectivity index (χ0v) is 15.1. The van der Waals surface area contributed by atoms with E-state index >= 15 is 0 Å². The van der Waals surface area contributed by atoms with E-state index in [1.165, 1.54) is 16.8 Å². The molecule has 1 saturated heterocycles. The predicted molar refractivity (Wildman–Crippen MR) is 102 cm³/mol. The zero-order chi connectivity index (χ0) is 17.4. The van der Waals surface area contributed by atoms with Gasteiger partial charge >= 0.3 is 0 Å². The summed E-state index contributed by atoms with van der Waals surface area (Å²) in [6, 6.07) is 17.5. The lowest BCUT2D eigenvalue weighted by atomic mass is 9.84. The molecular weight excluding hydrogens is 308 g/mol. The maximum absolute atomic E-state index is 12.4. The minimum Gasteiger partial charge on any atom is -0.378 e. The Morgan fingerprint density at radius 1 is 1.16 bits per heavy atom. The number of fused-ring (bicyclic) bond motifs is 1. The van der Waals surface area contributed by atoms with Gasteiger partial charge in [-0.1, -0.05) is 56.3 Å². The molecule has 25 heavy (non-hydrogen) atoms. The second kappa shape index (κ2) is 6.21. The van der Waals surface area contributed by atoms with Gasteiger partial charge in [-0.3, -0.25) is 4.79 Å². The number of carbonyl (C=O) groups is 1. The number of hydrogen-bond acceptors (Lipinski definition) is 2. The van der Waals surface area contributed by atoms with Crippen LogP contribution in [0.3, 0.4) is 0 Å². The standard InChI is InChI=1S/C22H26N2O/c1-22(2)14-24(15-22)21(25)13-16-8-10-20-18(12-16)9-11-19(23-20)17-6-4-3-5-7-17/h3-8,10,12,19,23H,9,11,13-15H2,1-2H3. The van der Waals surface area contributed by atoms with Gasteiger partial charge in [0, 0.05) is 18.8 Å². The van der Waals surface area contributed by atoms with E-state index in [1.54, 1.807) is 0 Å². The van der Waals surface area contributed by atoms with Gasteiger partial charge in [-0.25, -0.2) is 0 Å². The van der Waals surface area contributed by atoms with Crippen molar-refractivity contribution < 1.29 is 4.79 Å². The second-order valence-electron chi connectivity index (χ2n) is 8.23. The molecule has 2 aromatic carbocycles. The van der Waals surface area contributed by atoms with Gasteiger partial charge in [-0.2, -0.15) is 0 Å². The highest BCUT2D eigenvalue weighted by atomic mass is 16.2. The Morgan fingerprint density at radius 3 is 2.64 bits per heavy atom. The van der Waals surface area contributed by atoms with Crippen LogP contribution in [0.2, 0.25) is 0 Å². The molecule has 0 aromatic heterocycles. The molecule has 0 spiro atoms. The van der Waals surface area contributed by atoms with Crippen molar-refractivity contribution in [2.24, 2.45) is 5.41 Å². The van der Waals surface area contributed by atoms with Crippen LogP contribution in [0.1, 0.15) is 43.0 Å². The fraction of sp³-hybridized carbons (Fsp3) is 0.409. The molecule has 130 valence electrons. The first-order chi connectivity index (χ1) is 12.0. The minimum atomic E-state index is 0.255. The molecule has 3 heteroatoms. The summed E-state index contributed by atoms with van der Waals surface area (Å²) in [6.07, 6.45) is 2.67. The van der Waals surface area contributed by atoms with Crippen LogP contribution < -0.4 is 5.32 Å². The average Bonchev–Trinajstić information content (AvgIpc) is 2.60. The summed E-state index contributed by atoms with van der Waals surface area (Å²) in [5.74, 6) is 0.255. The molecule has 0 aliphatic carbocycles. The molecule has 2 heterocycles. The van der Waals surface area contributed by atoms with Gasteiger partial charge < -0.3 is 10.2 Å². The summed E-state index contributed by atoms with van der Waals surface area (Å²) in [4.78, 5) is 14.4. The fourth-order valence-electron chi connectivity index (χ4n) is 4.05. The molecule has 1 unspecified atom stereocenters. The smallest absolute Gasteiger partial charge is 0.227 e. The molecule has 3 nitrogen and oxygen atoms in total. The summed E-state index contributed by atoms with van der Waals surface area (Å²) in [6.45, 7) is 6.20. The number of likely N-dealkylation sites (tertiary alicyclic amines) is 1. The van der Waals surface area contributed by atoms with Crippen molar-refractivity contribution in [1.29, 1.82) is 0 Å². The molecule has 2 aliphatic heterocycles. The molecule has 1 fully saturated rings. The van der Waals surface area contributed by atoms with Crippen molar-refractivity contribution in [1.82, 2.24) is 4.90 Å². The quantitative estimate of drug-likeness (QED) is 0.912. The van der Waals surface area contributed by atoms with Gasteiger partial charge in [-0.15, -0.1) is 0 Å². The molecule has 0 saturated carbocycles. The Morgan fingerprint density at radius 2 is 1.92 bits per heavy atom. The number of amides is 1. The summed E-state index contributed by atoms with van der Waals surface area (Å²) in [5.41, 5.74) is 5.31. The fourth-order valence-corrected chi connectivity index (χ4v) is 4.05. The van der Waals surface area contributed by atoms with E-state index in [0.29, 0.717) is 17.9 Å². The molecule has 4 rings (SSSR count). The van der Waals surface area contributed by atoms with Crippen LogP contribution in [0.25, 0.3) is 0 Å². The SMILES string of the molecule is CC1(C)CN(C(=O)Cc2ccc3c(c2)CCC(c2ccccc2)N3)C1. The highest BCUT2D eigenvalue weighted by Crippen LogP contribution is 2.34. The van der Waals surface area contributed by atoms with E-state index in [-0.39, 0.29) is 5.91 Å². The number of hydrogen-bond donors (Lipinski definition) is 1. The molecule has 2 aromatic rings. The number of nitrogens with zero attached hydrogens (tertiary/aromatic N) is 1. The number of carbonyl (C=O) groups excluding carboxylic acids is 1. The van der Waals surface area contributed by atoms with Gasteiger partial charge in [0.1, 0.15) is 0 Å². The van der Waals surface area contributed by atoms with Crippen LogP contribution in [0, 0.1) is 5.41 Å². The van der Waals surface area contributed by atoms with E-state index in [2.05, 4.69) is 67.7 Å². The lowest BCUT2D eigenvalue weighted by molar-refractivity contribution is -0.140. The topological polar surface area (TPSA) is 32.3 Å². The minimum absolute atomic E-state index is 0.255. The van der Waals surface area contributed by atoms with E-state index in [9.17, 15) is 4.79 Å². The normalized spacial score (nSPS) is 21.0. The zero-order valence-electron chi connectivity index (χ0n) is 15.1. The predicted octanol–water partition coefficient (Wildman–Crippen LogP) is 4.20. The van der Waals surface area contributed by atoms with Gasteiger partial charge in [0.2, 0.25) is 5.91 Å². The second-order valence-corrected chi connectivity index (χ2v) is 8.23. The Hall–Kier alpha value is -2.29. The van der Waals surface area contributed by atoms with Crippen molar-refractivity contribution in [3.8, 4) is 0 Å². The van der Waals surface area contributed by atoms with Crippen LogP contribution in [0.5, 0.6) is 0 Å². The molecule has 0 bridgehead atoms. The first-order valence-electron chi connectivity index (χ1n) is 9.21. The highest BCUT2D eigenvalue weighted by Gasteiger charge is 2.36. The summed E-state index contributed by atoms with van der Waals surface area (Å²) < 4.78 is 0. The van der Waals surface area contributed by atoms with Crippen molar-refractivity contribution in [2.75, 3.05) is 18.4 Å². The highest BCUT2D eigenvalue weighted by molar-refractivity contribution is 5.80. The van der Waals surface area contributed by atoms with Crippen LogP contribution in [-0.4, -0.2) is 23.9 Å². The Labute approximate surface area is 150 Å². The third-order valence-electron chi connectivity index (χ3n) is 5.35. The van der Waals surface area contributed by atoms with Gasteiger partial charge in [0.15, 0.2) is 0 Å². The largest absolute Gasteiger partial charge is 0.378 e. The van der Waals surface area contributed by atoms with Crippen molar-refractivity contribution in [3.05, 3.63) is 65.2 Å². The maximum Gasteiger partial charge on any atom is 0.227 e. The third-order valence-corrected chi connectivity index (χ3v) is 5.35. The Bertz CT molecular complexity index is 774. The van der Waals surface area contributed by atoms with Crippen LogP contribution >= 0.6 is 0 Å². The van der Waals surface area contributed by atoms with Gasteiger partial charge in [-0.05, 0) is 41.0 Å². The Kier molecular flexibility index (Phi) is 4.03.